The van der Waals surface area contributed by atoms with E-state index in [1.807, 2.05) is 13.8 Å². The van der Waals surface area contributed by atoms with Gasteiger partial charge in [0.2, 0.25) is 5.95 Å². The van der Waals surface area contributed by atoms with Gasteiger partial charge in [-0.3, -0.25) is 5.41 Å². The number of nitrogens with one attached hydrogen (secondary N) is 1. The maximum absolute atomic E-state index is 10.1. The fourth-order valence-electron chi connectivity index (χ4n) is 2.30. The number of aryl methyl sites for hydroxylation is 1. The van der Waals surface area contributed by atoms with Crippen molar-refractivity contribution in [3.8, 4) is 0 Å². The molecule has 1 atom stereocenters. The summed E-state index contributed by atoms with van der Waals surface area (Å²) in [6, 6.07) is 1.71. The summed E-state index contributed by atoms with van der Waals surface area (Å²) in [5.41, 5.74) is 6.13. The highest BCUT2D eigenvalue weighted by Gasteiger charge is 2.26. The summed E-state index contributed by atoms with van der Waals surface area (Å²) in [5.74, 6) is 0.552. The number of hydrogen-bond donors (Lipinski definition) is 3. The number of nitrogen functional groups attached to an aromatic ring is 1. The fraction of sp³-hybridized carbons (Fsp3) is 0.615. The maximum Gasteiger partial charge on any atom is 0.226 e. The molecule has 0 radical (unpaired) electrons. The highest BCUT2D eigenvalue weighted by atomic mass is 16.3. The first-order valence-electron chi connectivity index (χ1n) is 6.55. The molecule has 1 saturated heterocycles. The molecule has 19 heavy (non-hydrogen) atoms. The van der Waals surface area contributed by atoms with Crippen LogP contribution in [0.4, 0.5) is 5.95 Å². The average Bonchev–Trinajstić information content (AvgIpc) is 2.49. The summed E-state index contributed by atoms with van der Waals surface area (Å²) in [5, 5.41) is 17.6. The van der Waals surface area contributed by atoms with Gasteiger partial charge in [0, 0.05) is 18.8 Å². The molecule has 6 heteroatoms. The van der Waals surface area contributed by atoms with Crippen molar-refractivity contribution in [2.24, 2.45) is 5.73 Å². The van der Waals surface area contributed by atoms with Crippen LogP contribution in [0.1, 0.15) is 37.6 Å². The largest absolute Gasteiger partial charge is 0.390 e. The SMILES string of the molecule is Cc1cc(C(=N)N)nc(N2CCCC(C)(O)CC2)n1. The van der Waals surface area contributed by atoms with E-state index in [0.29, 0.717) is 24.6 Å². The van der Waals surface area contributed by atoms with Crippen LogP contribution in [0.2, 0.25) is 0 Å². The van der Waals surface area contributed by atoms with E-state index in [1.54, 1.807) is 6.07 Å². The molecule has 1 aliphatic heterocycles. The summed E-state index contributed by atoms with van der Waals surface area (Å²) in [6.07, 6.45) is 2.38. The fourth-order valence-corrected chi connectivity index (χ4v) is 2.30. The van der Waals surface area contributed by atoms with E-state index in [2.05, 4.69) is 14.9 Å². The molecular formula is C13H21N5O. The van der Waals surface area contributed by atoms with Gasteiger partial charge in [-0.2, -0.15) is 0 Å². The second-order valence-corrected chi connectivity index (χ2v) is 5.45. The van der Waals surface area contributed by atoms with Crippen molar-refractivity contribution in [1.82, 2.24) is 9.97 Å². The van der Waals surface area contributed by atoms with Crippen LogP contribution in [-0.2, 0) is 0 Å². The molecule has 6 nitrogen and oxygen atoms in total. The van der Waals surface area contributed by atoms with Gasteiger partial charge in [0.15, 0.2) is 0 Å². The Hall–Kier alpha value is -1.69. The first-order valence-corrected chi connectivity index (χ1v) is 6.55. The molecule has 1 aromatic heterocycles. The Labute approximate surface area is 113 Å². The topological polar surface area (TPSA) is 99.1 Å². The summed E-state index contributed by atoms with van der Waals surface area (Å²) in [6.45, 7) is 5.27. The number of aliphatic hydroxyl groups is 1. The van der Waals surface area contributed by atoms with E-state index in [9.17, 15) is 5.11 Å². The lowest BCUT2D eigenvalue weighted by Crippen LogP contribution is -2.30. The smallest absolute Gasteiger partial charge is 0.226 e. The van der Waals surface area contributed by atoms with Gasteiger partial charge in [-0.05, 0) is 39.2 Å². The molecule has 0 amide bonds. The first kappa shape index (κ1) is 13.7. The van der Waals surface area contributed by atoms with Crippen molar-refractivity contribution in [2.75, 3.05) is 18.0 Å². The second kappa shape index (κ2) is 5.13. The molecule has 1 fully saturated rings. The zero-order valence-corrected chi connectivity index (χ0v) is 11.5. The van der Waals surface area contributed by atoms with Crippen LogP contribution in [0, 0.1) is 12.3 Å². The molecule has 2 rings (SSSR count). The third-order valence-electron chi connectivity index (χ3n) is 3.46. The van der Waals surface area contributed by atoms with Gasteiger partial charge in [-0.1, -0.05) is 0 Å². The van der Waals surface area contributed by atoms with Crippen LogP contribution < -0.4 is 10.6 Å². The van der Waals surface area contributed by atoms with E-state index in [1.165, 1.54) is 0 Å². The summed E-state index contributed by atoms with van der Waals surface area (Å²) >= 11 is 0. The van der Waals surface area contributed by atoms with E-state index >= 15 is 0 Å². The highest BCUT2D eigenvalue weighted by molar-refractivity contribution is 5.93. The van der Waals surface area contributed by atoms with Crippen LogP contribution in [0.5, 0.6) is 0 Å². The molecular weight excluding hydrogens is 242 g/mol. The lowest BCUT2D eigenvalue weighted by Gasteiger charge is -2.23. The molecule has 104 valence electrons. The van der Waals surface area contributed by atoms with Crippen molar-refractivity contribution < 1.29 is 5.11 Å². The minimum atomic E-state index is -0.609. The zero-order chi connectivity index (χ0) is 14.0. The Kier molecular flexibility index (Phi) is 3.71. The normalized spacial score (nSPS) is 24.1. The Bertz CT molecular complexity index is 486. The van der Waals surface area contributed by atoms with Crippen LogP contribution in [-0.4, -0.2) is 39.6 Å². The number of anilines is 1. The van der Waals surface area contributed by atoms with E-state index in [-0.39, 0.29) is 5.84 Å². The van der Waals surface area contributed by atoms with Crippen molar-refractivity contribution in [2.45, 2.75) is 38.7 Å². The van der Waals surface area contributed by atoms with Gasteiger partial charge in [-0.15, -0.1) is 0 Å². The molecule has 0 aliphatic carbocycles. The number of hydrogen-bond acceptors (Lipinski definition) is 5. The molecule has 1 unspecified atom stereocenters. The zero-order valence-electron chi connectivity index (χ0n) is 11.5. The van der Waals surface area contributed by atoms with Gasteiger partial charge in [0.05, 0.1) is 5.60 Å². The number of rotatable bonds is 2. The van der Waals surface area contributed by atoms with E-state index < -0.39 is 5.60 Å². The third-order valence-corrected chi connectivity index (χ3v) is 3.46. The first-order chi connectivity index (χ1) is 8.87. The van der Waals surface area contributed by atoms with Crippen LogP contribution >= 0.6 is 0 Å². The van der Waals surface area contributed by atoms with Crippen molar-refractivity contribution >= 4 is 11.8 Å². The monoisotopic (exact) mass is 263 g/mol. The molecule has 0 bridgehead atoms. The van der Waals surface area contributed by atoms with E-state index in [0.717, 1.165) is 25.1 Å². The Morgan fingerprint density at radius 2 is 2.16 bits per heavy atom. The van der Waals surface area contributed by atoms with Crippen LogP contribution in [0.25, 0.3) is 0 Å². The summed E-state index contributed by atoms with van der Waals surface area (Å²) < 4.78 is 0. The Morgan fingerprint density at radius 3 is 2.84 bits per heavy atom. The van der Waals surface area contributed by atoms with Crippen molar-refractivity contribution in [3.05, 3.63) is 17.5 Å². The molecule has 2 heterocycles. The highest BCUT2D eigenvalue weighted by Crippen LogP contribution is 2.23. The number of aromatic nitrogens is 2. The molecule has 4 N–H and O–H groups in total. The number of amidine groups is 1. The van der Waals surface area contributed by atoms with Gasteiger partial charge in [0.25, 0.3) is 0 Å². The minimum Gasteiger partial charge on any atom is -0.390 e. The molecule has 0 aromatic carbocycles. The van der Waals surface area contributed by atoms with Gasteiger partial charge >= 0.3 is 0 Å². The number of nitrogens with two attached hydrogens (primary N) is 1. The van der Waals surface area contributed by atoms with Crippen molar-refractivity contribution in [1.29, 1.82) is 5.41 Å². The van der Waals surface area contributed by atoms with Crippen molar-refractivity contribution in [3.63, 3.8) is 0 Å². The predicted octanol–water partition coefficient (Wildman–Crippen LogP) is 0.810. The molecule has 1 aromatic rings. The second-order valence-electron chi connectivity index (χ2n) is 5.45. The average molecular weight is 263 g/mol. The van der Waals surface area contributed by atoms with Crippen LogP contribution in [0.15, 0.2) is 6.07 Å². The third kappa shape index (κ3) is 3.41. The van der Waals surface area contributed by atoms with Gasteiger partial charge in [0.1, 0.15) is 11.5 Å². The standard InChI is InChI=1S/C13H21N5O/c1-9-8-10(11(14)15)17-12(16-9)18-6-3-4-13(2,19)5-7-18/h8,19H,3-7H2,1-2H3,(H3,14,15). The van der Waals surface area contributed by atoms with Gasteiger partial charge < -0.3 is 15.7 Å². The number of nitrogens with zero attached hydrogens (tertiary/aromatic N) is 3. The maximum atomic E-state index is 10.1. The van der Waals surface area contributed by atoms with Gasteiger partial charge in [-0.25, -0.2) is 9.97 Å². The molecule has 1 aliphatic rings. The quantitative estimate of drug-likeness (QED) is 0.541. The minimum absolute atomic E-state index is 0.0476. The Balaban J connectivity index is 2.24. The lowest BCUT2D eigenvalue weighted by atomic mass is 9.98. The molecule has 0 spiro atoms. The predicted molar refractivity (Wildman–Crippen MR) is 74.5 cm³/mol. The Morgan fingerprint density at radius 1 is 1.42 bits per heavy atom. The van der Waals surface area contributed by atoms with Crippen LogP contribution in [0.3, 0.4) is 0 Å². The lowest BCUT2D eigenvalue weighted by molar-refractivity contribution is 0.0481. The van der Waals surface area contributed by atoms with E-state index in [4.69, 9.17) is 11.1 Å². The summed E-state index contributed by atoms with van der Waals surface area (Å²) in [4.78, 5) is 10.8. The summed E-state index contributed by atoms with van der Waals surface area (Å²) in [7, 11) is 0. The molecule has 0 saturated carbocycles.